The van der Waals surface area contributed by atoms with E-state index in [9.17, 15) is 23.1 Å². The van der Waals surface area contributed by atoms with Gasteiger partial charge in [0.2, 0.25) is 0 Å². The van der Waals surface area contributed by atoms with Crippen molar-refractivity contribution in [3.05, 3.63) is 65.0 Å². The maximum atomic E-state index is 12.9. The first-order chi connectivity index (χ1) is 14.9. The third kappa shape index (κ3) is 5.37. The molecule has 7 nitrogen and oxygen atoms in total. The summed E-state index contributed by atoms with van der Waals surface area (Å²) in [7, 11) is 1.37. The Labute approximate surface area is 183 Å². The lowest BCUT2D eigenvalue weighted by Gasteiger charge is -2.42. The summed E-state index contributed by atoms with van der Waals surface area (Å²) >= 11 is 0. The number of aliphatic hydroxyl groups is 1. The molecule has 172 valence electrons. The Kier molecular flexibility index (Phi) is 6.45. The Morgan fingerprint density at radius 3 is 2.59 bits per heavy atom. The number of nitrogens with one attached hydrogen (secondary N) is 3. The molecule has 0 atom stereocenters. The standard InChI is InChI=1S/C22H25F3N4O3/c1-21(2,31)14-8-15(9-14)28-11-13-6-17(18(32-3)10-16(13)26)29-20(30)12-4-5-27-19(7-12)22(23,24)25/h4-7,10-11,14-15,26,28,31H,8-9H2,1-3H3,(H,29,30)/b13-11-,26-16?. The van der Waals surface area contributed by atoms with Crippen molar-refractivity contribution < 1.29 is 27.8 Å². The highest BCUT2D eigenvalue weighted by molar-refractivity contribution is 6.10. The van der Waals surface area contributed by atoms with E-state index in [0.29, 0.717) is 11.6 Å². The van der Waals surface area contributed by atoms with Gasteiger partial charge in [0, 0.05) is 35.7 Å². The summed E-state index contributed by atoms with van der Waals surface area (Å²) in [4.78, 5) is 15.8. The van der Waals surface area contributed by atoms with Gasteiger partial charge in [0.05, 0.1) is 24.1 Å². The number of aromatic nitrogens is 1. The molecule has 1 heterocycles. The number of hydrogen-bond acceptors (Lipinski definition) is 6. The summed E-state index contributed by atoms with van der Waals surface area (Å²) in [5.41, 5.74) is -1.28. The molecule has 2 aliphatic carbocycles. The van der Waals surface area contributed by atoms with Gasteiger partial charge in [-0.25, -0.2) is 0 Å². The van der Waals surface area contributed by atoms with Crippen LogP contribution in [0, 0.1) is 11.3 Å². The number of halogens is 3. The molecule has 0 aromatic carbocycles. The van der Waals surface area contributed by atoms with Gasteiger partial charge < -0.3 is 25.9 Å². The molecule has 1 aromatic rings. The fourth-order valence-electron chi connectivity index (χ4n) is 3.44. The molecule has 0 radical (unpaired) electrons. The zero-order valence-electron chi connectivity index (χ0n) is 17.9. The zero-order valence-corrected chi connectivity index (χ0v) is 17.9. The van der Waals surface area contributed by atoms with Crippen LogP contribution in [0.2, 0.25) is 0 Å². The van der Waals surface area contributed by atoms with Crippen molar-refractivity contribution in [2.75, 3.05) is 7.11 Å². The van der Waals surface area contributed by atoms with Gasteiger partial charge in [-0.2, -0.15) is 13.2 Å². The highest BCUT2D eigenvalue weighted by atomic mass is 19.4. The predicted octanol–water partition coefficient (Wildman–Crippen LogP) is 3.30. The number of nitrogens with zero attached hydrogens (tertiary/aromatic N) is 1. The molecule has 1 aromatic heterocycles. The van der Waals surface area contributed by atoms with Gasteiger partial charge in [-0.15, -0.1) is 0 Å². The van der Waals surface area contributed by atoms with E-state index in [-0.39, 0.29) is 34.7 Å². The van der Waals surface area contributed by atoms with Crippen LogP contribution in [0.25, 0.3) is 0 Å². The summed E-state index contributed by atoms with van der Waals surface area (Å²) < 4.78 is 43.9. The number of ether oxygens (including phenoxy) is 1. The van der Waals surface area contributed by atoms with E-state index >= 15 is 0 Å². The largest absolute Gasteiger partial charge is 0.494 e. The van der Waals surface area contributed by atoms with E-state index in [1.165, 1.54) is 25.3 Å². The van der Waals surface area contributed by atoms with E-state index in [2.05, 4.69) is 15.6 Å². The molecule has 4 N–H and O–H groups in total. The summed E-state index contributed by atoms with van der Waals surface area (Å²) in [6.45, 7) is 3.55. The third-order valence-electron chi connectivity index (χ3n) is 5.54. The highest BCUT2D eigenvalue weighted by Gasteiger charge is 2.38. The van der Waals surface area contributed by atoms with Crippen molar-refractivity contribution >= 4 is 11.6 Å². The lowest BCUT2D eigenvalue weighted by Crippen LogP contribution is -2.48. The van der Waals surface area contributed by atoms with Crippen molar-refractivity contribution in [1.82, 2.24) is 15.6 Å². The fraction of sp³-hybridized carbons (Fsp3) is 0.409. The first kappa shape index (κ1) is 23.5. The van der Waals surface area contributed by atoms with Crippen LogP contribution >= 0.6 is 0 Å². The van der Waals surface area contributed by atoms with E-state index in [1.54, 1.807) is 20.0 Å². The maximum absolute atomic E-state index is 12.9. The Bertz CT molecular complexity index is 1000. The molecular weight excluding hydrogens is 425 g/mol. The van der Waals surface area contributed by atoms with Crippen LogP contribution in [0.3, 0.4) is 0 Å². The lowest BCUT2D eigenvalue weighted by atomic mass is 9.71. The summed E-state index contributed by atoms with van der Waals surface area (Å²) in [5, 5.41) is 24.0. The zero-order chi connectivity index (χ0) is 23.7. The average molecular weight is 450 g/mol. The number of rotatable bonds is 6. The second-order valence-corrected chi connectivity index (χ2v) is 8.35. The summed E-state index contributed by atoms with van der Waals surface area (Å²) in [5.74, 6) is -0.368. The Morgan fingerprint density at radius 1 is 1.31 bits per heavy atom. The quantitative estimate of drug-likeness (QED) is 0.532. The summed E-state index contributed by atoms with van der Waals surface area (Å²) in [6.07, 6.45) is 2.41. The molecule has 32 heavy (non-hydrogen) atoms. The van der Waals surface area contributed by atoms with Crippen LogP contribution < -0.4 is 10.6 Å². The van der Waals surface area contributed by atoms with E-state index in [4.69, 9.17) is 10.1 Å². The number of carbonyl (C=O) groups is 1. The second-order valence-electron chi connectivity index (χ2n) is 8.35. The van der Waals surface area contributed by atoms with Gasteiger partial charge in [0.15, 0.2) is 0 Å². The molecule has 1 fully saturated rings. The molecule has 0 spiro atoms. The lowest BCUT2D eigenvalue weighted by molar-refractivity contribution is -0.141. The molecular formula is C22H25F3N4O3. The molecule has 0 aliphatic heterocycles. The number of amides is 1. The minimum atomic E-state index is -4.67. The summed E-state index contributed by atoms with van der Waals surface area (Å²) in [6, 6.07) is 2.01. The van der Waals surface area contributed by atoms with Crippen LogP contribution in [-0.4, -0.2) is 40.5 Å². The van der Waals surface area contributed by atoms with Gasteiger partial charge in [-0.3, -0.25) is 9.78 Å². The molecule has 0 unspecified atom stereocenters. The normalized spacial score (nSPS) is 22.6. The van der Waals surface area contributed by atoms with E-state index in [0.717, 1.165) is 19.0 Å². The van der Waals surface area contributed by atoms with Gasteiger partial charge in [-0.05, 0) is 50.8 Å². The van der Waals surface area contributed by atoms with Crippen LogP contribution in [0.4, 0.5) is 13.2 Å². The Hall–Kier alpha value is -3.14. The van der Waals surface area contributed by atoms with Crippen LogP contribution in [0.1, 0.15) is 42.7 Å². The van der Waals surface area contributed by atoms with Gasteiger partial charge in [0.1, 0.15) is 11.5 Å². The molecule has 0 saturated heterocycles. The van der Waals surface area contributed by atoms with Crippen molar-refractivity contribution in [1.29, 1.82) is 5.41 Å². The Balaban J connectivity index is 1.73. The molecule has 0 bridgehead atoms. The molecule has 2 aliphatic rings. The molecule has 10 heteroatoms. The number of pyridine rings is 1. The topological polar surface area (TPSA) is 107 Å². The predicted molar refractivity (Wildman–Crippen MR) is 112 cm³/mol. The van der Waals surface area contributed by atoms with Gasteiger partial charge in [0.25, 0.3) is 5.91 Å². The van der Waals surface area contributed by atoms with Crippen molar-refractivity contribution in [3.8, 4) is 0 Å². The minimum absolute atomic E-state index is 0.147. The average Bonchev–Trinajstić information content (AvgIpc) is 2.67. The van der Waals surface area contributed by atoms with Crippen molar-refractivity contribution in [2.45, 2.75) is 44.5 Å². The van der Waals surface area contributed by atoms with Crippen LogP contribution in [0.5, 0.6) is 0 Å². The van der Waals surface area contributed by atoms with Crippen molar-refractivity contribution in [3.63, 3.8) is 0 Å². The number of methoxy groups -OCH3 is 1. The second kappa shape index (κ2) is 8.78. The monoisotopic (exact) mass is 450 g/mol. The molecule has 1 saturated carbocycles. The number of allylic oxidation sites excluding steroid dienone is 3. The van der Waals surface area contributed by atoms with E-state index < -0.39 is 23.4 Å². The maximum Gasteiger partial charge on any atom is 0.433 e. The highest BCUT2D eigenvalue weighted by Crippen LogP contribution is 2.36. The number of carbonyl (C=O) groups excluding carboxylic acids is 1. The fourth-order valence-corrected chi connectivity index (χ4v) is 3.44. The van der Waals surface area contributed by atoms with Crippen LogP contribution in [-0.2, 0) is 10.9 Å². The first-order valence-electron chi connectivity index (χ1n) is 9.98. The SMILES string of the molecule is COC1=CC(=N)/C(=C\NC2CC(C(C)(C)O)C2)C=C1NC(=O)c1ccnc(C(F)(F)F)c1. The number of alkyl halides is 3. The first-order valence-corrected chi connectivity index (χ1v) is 9.98. The smallest absolute Gasteiger partial charge is 0.433 e. The molecule has 3 rings (SSSR count). The molecule has 1 amide bonds. The Morgan fingerprint density at radius 2 is 2.00 bits per heavy atom. The van der Waals surface area contributed by atoms with E-state index in [1.807, 2.05) is 0 Å². The van der Waals surface area contributed by atoms with Crippen LogP contribution in [0.15, 0.2) is 53.7 Å². The van der Waals surface area contributed by atoms with Crippen molar-refractivity contribution in [2.24, 2.45) is 5.92 Å². The van der Waals surface area contributed by atoms with Gasteiger partial charge in [-0.1, -0.05) is 0 Å². The minimum Gasteiger partial charge on any atom is -0.494 e. The van der Waals surface area contributed by atoms with Gasteiger partial charge >= 0.3 is 6.18 Å². The number of hydrogen-bond donors (Lipinski definition) is 4. The third-order valence-corrected chi connectivity index (χ3v) is 5.54.